The number of morpholine rings is 1. The van der Waals surface area contributed by atoms with Gasteiger partial charge in [0.2, 0.25) is 0 Å². The van der Waals surface area contributed by atoms with Gasteiger partial charge in [-0.15, -0.1) is 11.8 Å². The number of hydrogen-bond acceptors (Lipinski definition) is 4. The van der Waals surface area contributed by atoms with Gasteiger partial charge in [-0.05, 0) is 30.5 Å². The van der Waals surface area contributed by atoms with E-state index in [4.69, 9.17) is 9.84 Å². The highest BCUT2D eigenvalue weighted by Crippen LogP contribution is 2.18. The van der Waals surface area contributed by atoms with Crippen molar-refractivity contribution in [2.24, 2.45) is 0 Å². The summed E-state index contributed by atoms with van der Waals surface area (Å²) in [5.74, 6) is -0.921. The molecule has 0 saturated carbocycles. The molecule has 1 aromatic carbocycles. The molecule has 0 spiro atoms. The minimum atomic E-state index is -0.921. The standard InChI is InChI=1S/C14H18N2O4S/c1-21-12-4-2-10(3-5-12)15-14(19)16-6-7-20-11(9-16)8-13(17)18/h2-5,11H,6-9H2,1H3,(H,15,19)(H,17,18). The molecular weight excluding hydrogens is 292 g/mol. The first-order valence-corrected chi connectivity index (χ1v) is 7.84. The lowest BCUT2D eigenvalue weighted by molar-refractivity contribution is -0.141. The molecule has 6 nitrogen and oxygen atoms in total. The minimum Gasteiger partial charge on any atom is -0.481 e. The Bertz CT molecular complexity index is 506. The first-order valence-electron chi connectivity index (χ1n) is 6.62. The van der Waals surface area contributed by atoms with Gasteiger partial charge in [-0.25, -0.2) is 4.79 Å². The van der Waals surface area contributed by atoms with Crippen LogP contribution < -0.4 is 5.32 Å². The number of thioether (sulfide) groups is 1. The molecule has 1 aromatic rings. The van der Waals surface area contributed by atoms with Crippen molar-refractivity contribution in [1.82, 2.24) is 4.90 Å². The summed E-state index contributed by atoms with van der Waals surface area (Å²) >= 11 is 1.64. The highest BCUT2D eigenvalue weighted by atomic mass is 32.2. The lowest BCUT2D eigenvalue weighted by atomic mass is 10.2. The molecule has 2 N–H and O–H groups in total. The number of rotatable bonds is 4. The van der Waals surface area contributed by atoms with Gasteiger partial charge in [0.05, 0.1) is 19.1 Å². The largest absolute Gasteiger partial charge is 0.481 e. The average molecular weight is 310 g/mol. The van der Waals surface area contributed by atoms with Crippen molar-refractivity contribution in [3.05, 3.63) is 24.3 Å². The van der Waals surface area contributed by atoms with Crippen LogP contribution in [0.3, 0.4) is 0 Å². The predicted molar refractivity (Wildman–Crippen MR) is 80.8 cm³/mol. The molecule has 0 aliphatic carbocycles. The minimum absolute atomic E-state index is 0.0911. The van der Waals surface area contributed by atoms with Crippen LogP contribution in [-0.4, -0.2) is 54.1 Å². The van der Waals surface area contributed by atoms with Gasteiger partial charge in [-0.1, -0.05) is 0 Å². The Kier molecular flexibility index (Phi) is 5.46. The lowest BCUT2D eigenvalue weighted by Crippen LogP contribution is -2.47. The summed E-state index contributed by atoms with van der Waals surface area (Å²) in [7, 11) is 0. The zero-order valence-corrected chi connectivity index (χ0v) is 12.6. The number of amides is 2. The number of anilines is 1. The number of carbonyl (C=O) groups is 2. The second-order valence-corrected chi connectivity index (χ2v) is 5.57. The van der Waals surface area contributed by atoms with E-state index in [-0.39, 0.29) is 12.5 Å². The zero-order chi connectivity index (χ0) is 15.2. The third-order valence-corrected chi connectivity index (χ3v) is 3.91. The number of carboxylic acid groups (broad SMARTS) is 1. The number of nitrogens with zero attached hydrogens (tertiary/aromatic N) is 1. The van der Waals surface area contributed by atoms with E-state index < -0.39 is 12.1 Å². The molecule has 2 rings (SSSR count). The maximum Gasteiger partial charge on any atom is 0.322 e. The Morgan fingerprint density at radius 1 is 1.43 bits per heavy atom. The molecular formula is C14H18N2O4S. The van der Waals surface area contributed by atoms with Gasteiger partial charge >= 0.3 is 12.0 Å². The van der Waals surface area contributed by atoms with Gasteiger partial charge < -0.3 is 20.1 Å². The van der Waals surface area contributed by atoms with Crippen molar-refractivity contribution >= 4 is 29.4 Å². The number of hydrogen-bond donors (Lipinski definition) is 2. The van der Waals surface area contributed by atoms with E-state index in [1.807, 2.05) is 30.5 Å². The van der Waals surface area contributed by atoms with Gasteiger partial charge in [-0.3, -0.25) is 4.79 Å². The Labute approximate surface area is 127 Å². The number of benzene rings is 1. The van der Waals surface area contributed by atoms with Crippen LogP contribution in [0.15, 0.2) is 29.2 Å². The third-order valence-electron chi connectivity index (χ3n) is 3.17. The number of urea groups is 1. The van der Waals surface area contributed by atoms with Gasteiger partial charge in [0.1, 0.15) is 0 Å². The molecule has 0 radical (unpaired) electrons. The maximum absolute atomic E-state index is 12.2. The van der Waals surface area contributed by atoms with Gasteiger partial charge in [0.15, 0.2) is 0 Å². The fourth-order valence-electron chi connectivity index (χ4n) is 2.10. The Balaban J connectivity index is 1.91. The molecule has 1 fully saturated rings. The predicted octanol–water partition coefficient (Wildman–Crippen LogP) is 2.12. The Morgan fingerprint density at radius 3 is 2.76 bits per heavy atom. The summed E-state index contributed by atoms with van der Waals surface area (Å²) in [5.41, 5.74) is 0.721. The molecule has 1 aliphatic heterocycles. The fraction of sp³-hybridized carbons (Fsp3) is 0.429. The van der Waals surface area contributed by atoms with Gasteiger partial charge in [0, 0.05) is 23.7 Å². The second-order valence-electron chi connectivity index (χ2n) is 4.70. The van der Waals surface area contributed by atoms with Crippen molar-refractivity contribution in [2.75, 3.05) is 31.3 Å². The summed E-state index contributed by atoms with van der Waals surface area (Å²) in [6, 6.07) is 7.34. The van der Waals surface area contributed by atoms with Crippen LogP contribution in [0.2, 0.25) is 0 Å². The summed E-state index contributed by atoms with van der Waals surface area (Å²) < 4.78 is 5.34. The summed E-state index contributed by atoms with van der Waals surface area (Å²) in [4.78, 5) is 25.6. The van der Waals surface area contributed by atoms with Crippen molar-refractivity contribution in [1.29, 1.82) is 0 Å². The number of carboxylic acids is 1. The van der Waals surface area contributed by atoms with E-state index in [1.54, 1.807) is 16.7 Å². The molecule has 0 aromatic heterocycles. The topological polar surface area (TPSA) is 78.9 Å². The fourth-order valence-corrected chi connectivity index (χ4v) is 2.51. The van der Waals surface area contributed by atoms with Crippen LogP contribution in [0.25, 0.3) is 0 Å². The number of carbonyl (C=O) groups excluding carboxylic acids is 1. The summed E-state index contributed by atoms with van der Waals surface area (Å²) in [6.07, 6.45) is 1.46. The highest BCUT2D eigenvalue weighted by Gasteiger charge is 2.25. The van der Waals surface area contributed by atoms with Crippen LogP contribution in [0.5, 0.6) is 0 Å². The molecule has 7 heteroatoms. The molecule has 1 atom stereocenters. The van der Waals surface area contributed by atoms with E-state index in [9.17, 15) is 9.59 Å². The van der Waals surface area contributed by atoms with Crippen LogP contribution in [-0.2, 0) is 9.53 Å². The van der Waals surface area contributed by atoms with E-state index in [0.717, 1.165) is 10.6 Å². The summed E-state index contributed by atoms with van der Waals surface area (Å²) in [6.45, 7) is 1.11. The van der Waals surface area contributed by atoms with Crippen LogP contribution in [0.1, 0.15) is 6.42 Å². The first-order chi connectivity index (χ1) is 10.1. The molecule has 1 unspecified atom stereocenters. The molecule has 114 valence electrons. The van der Waals surface area contributed by atoms with E-state index in [2.05, 4.69) is 5.32 Å². The quantitative estimate of drug-likeness (QED) is 0.833. The molecule has 2 amide bonds. The van der Waals surface area contributed by atoms with Gasteiger partial charge in [0.25, 0.3) is 0 Å². The summed E-state index contributed by atoms with van der Waals surface area (Å²) in [5, 5.41) is 11.6. The maximum atomic E-state index is 12.2. The SMILES string of the molecule is CSc1ccc(NC(=O)N2CCOC(CC(=O)O)C2)cc1. The first kappa shape index (κ1) is 15.7. The molecule has 21 heavy (non-hydrogen) atoms. The van der Waals surface area contributed by atoms with Crippen molar-refractivity contribution in [3.63, 3.8) is 0 Å². The monoisotopic (exact) mass is 310 g/mol. The van der Waals surface area contributed by atoms with Gasteiger partial charge in [-0.2, -0.15) is 0 Å². The van der Waals surface area contributed by atoms with E-state index in [1.165, 1.54) is 0 Å². The van der Waals surface area contributed by atoms with Crippen molar-refractivity contribution in [2.45, 2.75) is 17.4 Å². The lowest BCUT2D eigenvalue weighted by Gasteiger charge is -2.32. The molecule has 1 aliphatic rings. The Morgan fingerprint density at radius 2 is 2.14 bits per heavy atom. The number of nitrogens with one attached hydrogen (secondary N) is 1. The normalized spacial score (nSPS) is 18.3. The second kappa shape index (κ2) is 7.33. The van der Waals surface area contributed by atoms with E-state index in [0.29, 0.717) is 19.7 Å². The zero-order valence-electron chi connectivity index (χ0n) is 11.7. The van der Waals surface area contributed by atoms with Crippen LogP contribution in [0, 0.1) is 0 Å². The molecule has 1 heterocycles. The molecule has 0 bridgehead atoms. The van der Waals surface area contributed by atoms with Crippen LogP contribution >= 0.6 is 11.8 Å². The van der Waals surface area contributed by atoms with Crippen molar-refractivity contribution in [3.8, 4) is 0 Å². The van der Waals surface area contributed by atoms with E-state index >= 15 is 0 Å². The average Bonchev–Trinajstić information content (AvgIpc) is 2.47. The molecule has 1 saturated heterocycles. The highest BCUT2D eigenvalue weighted by molar-refractivity contribution is 7.98. The number of aliphatic carboxylic acids is 1. The van der Waals surface area contributed by atoms with Crippen molar-refractivity contribution < 1.29 is 19.4 Å². The number of ether oxygens (including phenoxy) is 1. The smallest absolute Gasteiger partial charge is 0.322 e. The Hall–Kier alpha value is -1.73. The third kappa shape index (κ3) is 4.64. The van der Waals surface area contributed by atoms with Crippen LogP contribution in [0.4, 0.5) is 10.5 Å².